The van der Waals surface area contributed by atoms with Crippen molar-refractivity contribution in [3.8, 4) is 5.75 Å². The number of rotatable bonds is 5. The van der Waals surface area contributed by atoms with E-state index in [1.807, 2.05) is 19.1 Å². The van der Waals surface area contributed by atoms with Gasteiger partial charge >= 0.3 is 5.97 Å². The zero-order chi connectivity index (χ0) is 15.9. The van der Waals surface area contributed by atoms with Crippen LogP contribution in [-0.2, 0) is 4.79 Å². The highest BCUT2D eigenvalue weighted by atomic mass is 32.1. The predicted molar refractivity (Wildman–Crippen MR) is 84.1 cm³/mol. The van der Waals surface area contributed by atoms with Gasteiger partial charge in [-0.05, 0) is 18.6 Å². The molecule has 6 heteroatoms. The highest BCUT2D eigenvalue weighted by Crippen LogP contribution is 2.41. The molecule has 0 aliphatic rings. The molecule has 3 aromatic rings. The van der Waals surface area contributed by atoms with Crippen molar-refractivity contribution in [1.82, 2.24) is 0 Å². The molecule has 0 aliphatic carbocycles. The first-order valence-electron chi connectivity index (χ1n) is 6.75. The Hall–Kier alpha value is -2.34. The van der Waals surface area contributed by atoms with Gasteiger partial charge in [-0.3, -0.25) is 9.59 Å². The van der Waals surface area contributed by atoms with Crippen LogP contribution in [0.5, 0.6) is 5.75 Å². The summed E-state index contributed by atoms with van der Waals surface area (Å²) < 4.78 is 11.7. The highest BCUT2D eigenvalue weighted by Gasteiger charge is 2.20. The summed E-state index contributed by atoms with van der Waals surface area (Å²) in [6, 6.07) is 3.71. The number of ether oxygens (including phenoxy) is 1. The zero-order valence-electron chi connectivity index (χ0n) is 12.1. The molecule has 0 saturated carbocycles. The molecule has 2 aromatic heterocycles. The van der Waals surface area contributed by atoms with Gasteiger partial charge in [-0.15, -0.1) is 11.3 Å². The molecule has 114 valence electrons. The van der Waals surface area contributed by atoms with E-state index in [0.717, 1.165) is 21.0 Å². The number of ketones is 1. The van der Waals surface area contributed by atoms with Crippen LogP contribution in [0, 0.1) is 6.92 Å². The maximum absolute atomic E-state index is 12.3. The predicted octanol–water partition coefficient (Wildman–Crippen LogP) is 4.01. The van der Waals surface area contributed by atoms with Gasteiger partial charge in [0.15, 0.2) is 17.1 Å². The molecule has 22 heavy (non-hydrogen) atoms. The van der Waals surface area contributed by atoms with E-state index < -0.39 is 5.97 Å². The van der Waals surface area contributed by atoms with Gasteiger partial charge in [0.1, 0.15) is 0 Å². The fourth-order valence-corrected chi connectivity index (χ4v) is 3.83. The van der Waals surface area contributed by atoms with Crippen molar-refractivity contribution in [3.05, 3.63) is 28.8 Å². The van der Waals surface area contributed by atoms with Gasteiger partial charge in [0.2, 0.25) is 0 Å². The van der Waals surface area contributed by atoms with E-state index in [1.165, 1.54) is 11.3 Å². The van der Waals surface area contributed by atoms with E-state index in [1.54, 1.807) is 13.4 Å². The fraction of sp³-hybridized carbons (Fsp3) is 0.250. The van der Waals surface area contributed by atoms with Crippen molar-refractivity contribution in [1.29, 1.82) is 0 Å². The van der Waals surface area contributed by atoms with Gasteiger partial charge in [-0.25, -0.2) is 0 Å². The van der Waals surface area contributed by atoms with Crippen molar-refractivity contribution in [2.24, 2.45) is 0 Å². The summed E-state index contributed by atoms with van der Waals surface area (Å²) in [4.78, 5) is 23.5. The number of hydrogen-bond donors (Lipinski definition) is 1. The molecule has 0 radical (unpaired) electrons. The molecule has 5 nitrogen and oxygen atoms in total. The number of furan rings is 1. The summed E-state index contributed by atoms with van der Waals surface area (Å²) in [5, 5.41) is 10.6. The van der Waals surface area contributed by atoms with Gasteiger partial charge in [-0.2, -0.15) is 0 Å². The molecule has 0 amide bonds. The Bertz CT molecular complexity index is 887. The second-order valence-electron chi connectivity index (χ2n) is 4.99. The fourth-order valence-electron chi connectivity index (χ4n) is 2.61. The van der Waals surface area contributed by atoms with Crippen molar-refractivity contribution in [2.45, 2.75) is 19.8 Å². The minimum Gasteiger partial charge on any atom is -0.493 e. The van der Waals surface area contributed by atoms with Gasteiger partial charge in [-0.1, -0.05) is 0 Å². The number of Topliss-reactive ketones (excluding diaryl/α,β-unsaturated/α-hetero) is 1. The molecule has 0 unspecified atom stereocenters. The SMILES string of the molecule is COc1cc2sc(C(=O)CCC(=O)O)c(C)c2c2ccoc12. The smallest absolute Gasteiger partial charge is 0.303 e. The van der Waals surface area contributed by atoms with Crippen LogP contribution in [0.2, 0.25) is 0 Å². The van der Waals surface area contributed by atoms with Gasteiger partial charge in [0, 0.05) is 28.0 Å². The van der Waals surface area contributed by atoms with E-state index in [-0.39, 0.29) is 18.6 Å². The second-order valence-corrected chi connectivity index (χ2v) is 6.04. The topological polar surface area (TPSA) is 76.7 Å². The van der Waals surface area contributed by atoms with Gasteiger partial charge in [0.25, 0.3) is 0 Å². The molecule has 0 aliphatic heterocycles. The summed E-state index contributed by atoms with van der Waals surface area (Å²) in [6.07, 6.45) is 1.45. The van der Waals surface area contributed by atoms with Crippen molar-refractivity contribution in [3.63, 3.8) is 0 Å². The van der Waals surface area contributed by atoms with E-state index in [0.29, 0.717) is 16.2 Å². The van der Waals surface area contributed by atoms with Crippen molar-refractivity contribution >= 4 is 44.1 Å². The molecule has 0 atom stereocenters. The lowest BCUT2D eigenvalue weighted by Gasteiger charge is -2.02. The first-order valence-corrected chi connectivity index (χ1v) is 7.57. The Morgan fingerprint density at radius 3 is 2.82 bits per heavy atom. The van der Waals surface area contributed by atoms with Crippen LogP contribution in [0.4, 0.5) is 0 Å². The molecule has 0 saturated heterocycles. The van der Waals surface area contributed by atoms with E-state index in [4.69, 9.17) is 14.3 Å². The highest BCUT2D eigenvalue weighted by molar-refractivity contribution is 7.21. The Morgan fingerprint density at radius 2 is 2.14 bits per heavy atom. The van der Waals surface area contributed by atoms with E-state index in [2.05, 4.69) is 0 Å². The number of carbonyl (C=O) groups is 2. The third-order valence-corrected chi connectivity index (χ3v) is 4.91. The lowest BCUT2D eigenvalue weighted by molar-refractivity contribution is -0.136. The number of aryl methyl sites for hydroxylation is 1. The third kappa shape index (κ3) is 2.25. The van der Waals surface area contributed by atoms with Crippen LogP contribution < -0.4 is 4.74 Å². The van der Waals surface area contributed by atoms with Crippen LogP contribution in [0.1, 0.15) is 28.1 Å². The number of methoxy groups -OCH3 is 1. The summed E-state index contributed by atoms with van der Waals surface area (Å²) >= 11 is 1.37. The summed E-state index contributed by atoms with van der Waals surface area (Å²) in [5.74, 6) is -0.485. The second kappa shape index (κ2) is 5.46. The number of thiophene rings is 1. The maximum atomic E-state index is 12.3. The number of carbonyl (C=O) groups excluding carboxylic acids is 1. The van der Waals surface area contributed by atoms with Gasteiger partial charge < -0.3 is 14.3 Å². The standard InChI is InChI=1S/C16H14O5S/c1-8-14-9-5-6-21-15(9)11(20-2)7-12(14)22-16(8)10(17)3-4-13(18)19/h5-7H,3-4H2,1-2H3,(H,18,19). The number of hydrogen-bond acceptors (Lipinski definition) is 5. The normalized spacial score (nSPS) is 11.2. The van der Waals surface area contributed by atoms with Crippen LogP contribution in [0.3, 0.4) is 0 Å². The van der Waals surface area contributed by atoms with E-state index in [9.17, 15) is 9.59 Å². The quantitative estimate of drug-likeness (QED) is 0.719. The first kappa shape index (κ1) is 14.6. The monoisotopic (exact) mass is 318 g/mol. The minimum absolute atomic E-state index is 0.00859. The summed E-state index contributed by atoms with van der Waals surface area (Å²) in [6.45, 7) is 1.88. The number of carboxylic acid groups (broad SMARTS) is 1. The molecule has 0 bridgehead atoms. The number of aliphatic carboxylic acids is 1. The molecule has 1 aromatic carbocycles. The van der Waals surface area contributed by atoms with Crippen LogP contribution in [0.15, 0.2) is 22.8 Å². The van der Waals surface area contributed by atoms with Crippen LogP contribution >= 0.6 is 11.3 Å². The van der Waals surface area contributed by atoms with Crippen LogP contribution in [0.25, 0.3) is 21.1 Å². The van der Waals surface area contributed by atoms with Crippen molar-refractivity contribution in [2.75, 3.05) is 7.11 Å². The third-order valence-electron chi connectivity index (χ3n) is 3.63. The number of fused-ring (bicyclic) bond motifs is 3. The Balaban J connectivity index is 2.16. The molecule has 1 N–H and O–H groups in total. The molecular weight excluding hydrogens is 304 g/mol. The lowest BCUT2D eigenvalue weighted by Crippen LogP contribution is -2.03. The Kier molecular flexibility index (Phi) is 3.62. The zero-order valence-corrected chi connectivity index (χ0v) is 13.0. The minimum atomic E-state index is -0.967. The average molecular weight is 318 g/mol. The largest absolute Gasteiger partial charge is 0.493 e. The van der Waals surface area contributed by atoms with Crippen molar-refractivity contribution < 1.29 is 23.8 Å². The lowest BCUT2D eigenvalue weighted by atomic mass is 10.0. The molecule has 0 spiro atoms. The molecule has 0 fully saturated rings. The summed E-state index contributed by atoms with van der Waals surface area (Å²) in [7, 11) is 1.57. The van der Waals surface area contributed by atoms with E-state index >= 15 is 0 Å². The Morgan fingerprint density at radius 1 is 1.36 bits per heavy atom. The average Bonchev–Trinajstić information content (AvgIpc) is 3.08. The Labute approximate surface area is 130 Å². The summed E-state index contributed by atoms with van der Waals surface area (Å²) in [5.41, 5.74) is 1.52. The molecular formula is C16H14O5S. The molecule has 2 heterocycles. The van der Waals surface area contributed by atoms with Gasteiger partial charge in [0.05, 0.1) is 24.7 Å². The van der Waals surface area contributed by atoms with Crippen LogP contribution in [-0.4, -0.2) is 24.0 Å². The number of carboxylic acids is 1. The molecule has 3 rings (SSSR count). The maximum Gasteiger partial charge on any atom is 0.303 e. The first-order chi connectivity index (χ1) is 10.5. The number of benzene rings is 1.